The van der Waals surface area contributed by atoms with Gasteiger partial charge in [0.25, 0.3) is 0 Å². The summed E-state index contributed by atoms with van der Waals surface area (Å²) in [7, 11) is 1.43. The first-order chi connectivity index (χ1) is 14.8. The minimum atomic E-state index is -0.179. The molecule has 9 heteroatoms. The van der Waals surface area contributed by atoms with Crippen LogP contribution in [0.4, 0.5) is 0 Å². The van der Waals surface area contributed by atoms with E-state index in [0.717, 1.165) is 57.7 Å². The number of ether oxygens (including phenoxy) is 1. The third-order valence-corrected chi connectivity index (χ3v) is 7.53. The molecular weight excluding hydrogens is 530 g/mol. The SMILES string of the molecule is COC(=O)CN1CCN(C2CCN(C(=O)[C@H](C)Cc3cc(Br)c(O)c(Br)c3)CC2)CC1. The maximum atomic E-state index is 13.0. The number of nitrogens with zero attached hydrogens (tertiary/aromatic N) is 3. The van der Waals surface area contributed by atoms with Crippen molar-refractivity contribution in [3.05, 3.63) is 26.6 Å². The fraction of sp³-hybridized carbons (Fsp3) is 0.636. The predicted molar refractivity (Wildman–Crippen MR) is 126 cm³/mol. The highest BCUT2D eigenvalue weighted by atomic mass is 79.9. The predicted octanol–water partition coefficient (Wildman–Crippen LogP) is 2.88. The highest BCUT2D eigenvalue weighted by Gasteiger charge is 2.31. The minimum absolute atomic E-state index is 0.109. The van der Waals surface area contributed by atoms with Crippen molar-refractivity contribution < 1.29 is 19.4 Å². The molecule has 1 atom stereocenters. The number of phenolic OH excluding ortho intramolecular Hbond substituents is 1. The van der Waals surface area contributed by atoms with E-state index in [1.165, 1.54) is 7.11 Å². The van der Waals surface area contributed by atoms with Crippen LogP contribution in [0.1, 0.15) is 25.3 Å². The van der Waals surface area contributed by atoms with E-state index in [4.69, 9.17) is 4.74 Å². The second-order valence-corrected chi connectivity index (χ2v) is 10.2. The van der Waals surface area contributed by atoms with Crippen LogP contribution >= 0.6 is 31.9 Å². The summed E-state index contributed by atoms with van der Waals surface area (Å²) in [5.74, 6) is 0.0840. The molecule has 2 fully saturated rings. The number of hydrogen-bond donors (Lipinski definition) is 1. The molecule has 31 heavy (non-hydrogen) atoms. The largest absolute Gasteiger partial charge is 0.506 e. The second-order valence-electron chi connectivity index (χ2n) is 8.46. The molecule has 0 aromatic heterocycles. The molecule has 1 aromatic carbocycles. The van der Waals surface area contributed by atoms with Gasteiger partial charge in [0.15, 0.2) is 0 Å². The molecule has 1 amide bonds. The summed E-state index contributed by atoms with van der Waals surface area (Å²) in [6.45, 7) is 7.59. The van der Waals surface area contributed by atoms with E-state index < -0.39 is 0 Å². The standard InChI is InChI=1S/C22H31Br2N3O4/c1-15(11-16-12-18(23)21(29)19(24)13-16)22(30)27-5-3-17(4-6-27)26-9-7-25(8-10-26)14-20(28)31-2/h12-13,15,17,29H,3-11,14H2,1-2H3/t15-/m1/s1. The zero-order chi connectivity index (χ0) is 22.5. The van der Waals surface area contributed by atoms with Crippen LogP contribution in [0, 0.1) is 5.92 Å². The Morgan fingerprint density at radius 2 is 1.68 bits per heavy atom. The summed E-state index contributed by atoms with van der Waals surface area (Å²) in [6, 6.07) is 4.25. The Labute approximate surface area is 201 Å². The highest BCUT2D eigenvalue weighted by molar-refractivity contribution is 9.11. The zero-order valence-electron chi connectivity index (χ0n) is 18.1. The van der Waals surface area contributed by atoms with E-state index in [9.17, 15) is 14.7 Å². The summed E-state index contributed by atoms with van der Waals surface area (Å²) in [4.78, 5) is 31.1. The lowest BCUT2D eigenvalue weighted by atomic mass is 9.97. The van der Waals surface area contributed by atoms with Crippen molar-refractivity contribution in [3.63, 3.8) is 0 Å². The van der Waals surface area contributed by atoms with Gasteiger partial charge in [-0.2, -0.15) is 0 Å². The number of methoxy groups -OCH3 is 1. The molecule has 3 rings (SSSR count). The number of phenols is 1. The average Bonchev–Trinajstić information content (AvgIpc) is 2.77. The molecule has 0 saturated carbocycles. The first-order valence-electron chi connectivity index (χ1n) is 10.8. The maximum Gasteiger partial charge on any atom is 0.319 e. The number of carbonyl (C=O) groups excluding carboxylic acids is 2. The summed E-state index contributed by atoms with van der Waals surface area (Å²) in [5, 5.41) is 9.88. The fourth-order valence-corrected chi connectivity index (χ4v) is 5.75. The molecule has 172 valence electrons. The number of piperazine rings is 1. The van der Waals surface area contributed by atoms with Crippen LogP contribution < -0.4 is 0 Å². The van der Waals surface area contributed by atoms with E-state index in [1.807, 2.05) is 24.0 Å². The van der Waals surface area contributed by atoms with Crippen molar-refractivity contribution in [1.82, 2.24) is 14.7 Å². The third kappa shape index (κ3) is 6.43. The van der Waals surface area contributed by atoms with E-state index in [2.05, 4.69) is 41.7 Å². The number of halogens is 2. The molecule has 0 bridgehead atoms. The van der Waals surface area contributed by atoms with Crippen LogP contribution in [0.25, 0.3) is 0 Å². The maximum absolute atomic E-state index is 13.0. The molecule has 0 unspecified atom stereocenters. The average molecular weight is 561 g/mol. The Morgan fingerprint density at radius 1 is 1.10 bits per heavy atom. The Kier molecular flexibility index (Phi) is 8.78. The minimum Gasteiger partial charge on any atom is -0.506 e. The number of hydrogen-bond acceptors (Lipinski definition) is 6. The number of piperidine rings is 1. The van der Waals surface area contributed by atoms with E-state index in [1.54, 1.807) is 0 Å². The first-order valence-corrected chi connectivity index (χ1v) is 12.4. The smallest absolute Gasteiger partial charge is 0.319 e. The van der Waals surface area contributed by atoms with Crippen LogP contribution in [-0.4, -0.2) is 90.6 Å². The van der Waals surface area contributed by atoms with Crippen LogP contribution in [-0.2, 0) is 20.7 Å². The van der Waals surface area contributed by atoms with Crippen molar-refractivity contribution in [1.29, 1.82) is 0 Å². The number of aromatic hydroxyl groups is 1. The van der Waals surface area contributed by atoms with Crippen LogP contribution in [0.15, 0.2) is 21.1 Å². The lowest BCUT2D eigenvalue weighted by molar-refractivity contribution is -0.142. The molecular formula is C22H31Br2N3O4. The third-order valence-electron chi connectivity index (χ3n) is 6.32. The molecule has 2 aliphatic heterocycles. The summed E-state index contributed by atoms with van der Waals surface area (Å²) >= 11 is 6.72. The van der Waals surface area contributed by atoms with Crippen molar-refractivity contribution in [2.45, 2.75) is 32.2 Å². The lowest BCUT2D eigenvalue weighted by Crippen LogP contribution is -2.54. The highest BCUT2D eigenvalue weighted by Crippen LogP contribution is 2.34. The van der Waals surface area contributed by atoms with Crippen molar-refractivity contribution in [3.8, 4) is 5.75 Å². The van der Waals surface area contributed by atoms with Crippen LogP contribution in [0.3, 0.4) is 0 Å². The zero-order valence-corrected chi connectivity index (χ0v) is 21.3. The van der Waals surface area contributed by atoms with Gasteiger partial charge >= 0.3 is 5.97 Å². The van der Waals surface area contributed by atoms with E-state index in [0.29, 0.717) is 28.0 Å². The number of carbonyl (C=O) groups is 2. The van der Waals surface area contributed by atoms with Gasteiger partial charge in [0, 0.05) is 51.2 Å². The number of amides is 1. The van der Waals surface area contributed by atoms with Crippen LogP contribution in [0.2, 0.25) is 0 Å². The molecule has 2 aliphatic rings. The number of rotatable bonds is 6. The normalized spacial score (nSPS) is 19.9. The van der Waals surface area contributed by atoms with Gasteiger partial charge in [-0.15, -0.1) is 0 Å². The second kappa shape index (κ2) is 11.1. The Morgan fingerprint density at radius 3 is 2.23 bits per heavy atom. The first kappa shape index (κ1) is 24.5. The molecule has 0 aliphatic carbocycles. The summed E-state index contributed by atoms with van der Waals surface area (Å²) in [5.41, 5.74) is 1.01. The van der Waals surface area contributed by atoms with E-state index in [-0.39, 0.29) is 23.5 Å². The van der Waals surface area contributed by atoms with Crippen molar-refractivity contribution in [2.24, 2.45) is 5.92 Å². The van der Waals surface area contributed by atoms with Gasteiger partial charge in [-0.1, -0.05) is 6.92 Å². The Bertz CT molecular complexity index is 768. The molecule has 7 nitrogen and oxygen atoms in total. The summed E-state index contributed by atoms with van der Waals surface area (Å²) < 4.78 is 6.01. The van der Waals surface area contributed by atoms with Gasteiger partial charge in [-0.05, 0) is 68.8 Å². The van der Waals surface area contributed by atoms with Crippen molar-refractivity contribution >= 4 is 43.7 Å². The van der Waals surface area contributed by atoms with Crippen molar-refractivity contribution in [2.75, 3.05) is 52.9 Å². The topological polar surface area (TPSA) is 73.3 Å². The summed E-state index contributed by atoms with van der Waals surface area (Å²) in [6.07, 6.45) is 2.62. The number of esters is 1. The van der Waals surface area contributed by atoms with E-state index >= 15 is 0 Å². The molecule has 2 heterocycles. The molecule has 1 N–H and O–H groups in total. The van der Waals surface area contributed by atoms with Gasteiger partial charge in [0.2, 0.25) is 5.91 Å². The van der Waals surface area contributed by atoms with Gasteiger partial charge in [0.1, 0.15) is 5.75 Å². The van der Waals surface area contributed by atoms with Gasteiger partial charge in [-0.3, -0.25) is 19.4 Å². The molecule has 0 spiro atoms. The lowest BCUT2D eigenvalue weighted by Gasteiger charge is -2.43. The Hall–Kier alpha value is -1.16. The fourth-order valence-electron chi connectivity index (χ4n) is 4.47. The monoisotopic (exact) mass is 559 g/mol. The quantitative estimate of drug-likeness (QED) is 0.539. The van der Waals surface area contributed by atoms with Crippen LogP contribution in [0.5, 0.6) is 5.75 Å². The molecule has 0 radical (unpaired) electrons. The van der Waals surface area contributed by atoms with Gasteiger partial charge in [0.05, 0.1) is 22.6 Å². The Balaban J connectivity index is 1.45. The van der Waals surface area contributed by atoms with Gasteiger partial charge < -0.3 is 14.7 Å². The molecule has 1 aromatic rings. The molecule has 2 saturated heterocycles. The van der Waals surface area contributed by atoms with Gasteiger partial charge in [-0.25, -0.2) is 0 Å². The number of likely N-dealkylation sites (tertiary alicyclic amines) is 1. The number of benzene rings is 1.